The van der Waals surface area contributed by atoms with E-state index in [4.69, 9.17) is 0 Å². The third kappa shape index (κ3) is 1.67. The van der Waals surface area contributed by atoms with Crippen LogP contribution in [0, 0.1) is 19.9 Å². The molecule has 2 aromatic rings. The van der Waals surface area contributed by atoms with Crippen molar-refractivity contribution in [3.05, 3.63) is 53.7 Å². The summed E-state index contributed by atoms with van der Waals surface area (Å²) in [6, 6.07) is 13.4. The van der Waals surface area contributed by atoms with Crippen LogP contribution in [-0.4, -0.2) is 4.98 Å². The molecule has 0 saturated heterocycles. The summed E-state index contributed by atoms with van der Waals surface area (Å²) in [5.74, 6) is 0. The Kier molecular flexibility index (Phi) is 2.32. The molecule has 0 amide bonds. The first-order valence-electron chi connectivity index (χ1n) is 4.68. The Labute approximate surface area is 84.4 Å². The number of nitrogens with zero attached hydrogens (tertiary/aromatic N) is 1. The zero-order chi connectivity index (χ0) is 9.97. The van der Waals surface area contributed by atoms with E-state index in [1.165, 1.54) is 11.1 Å². The van der Waals surface area contributed by atoms with Gasteiger partial charge in [-0.1, -0.05) is 29.8 Å². The minimum atomic E-state index is 1.02. The van der Waals surface area contributed by atoms with E-state index in [1.807, 2.05) is 18.3 Å². The molecule has 0 aliphatic heterocycles. The quantitative estimate of drug-likeness (QED) is 0.660. The molecule has 0 unspecified atom stereocenters. The summed E-state index contributed by atoms with van der Waals surface area (Å²) in [4.78, 5) is 4.35. The lowest BCUT2D eigenvalue weighted by Gasteiger charge is -2.03. The molecule has 0 spiro atoms. The van der Waals surface area contributed by atoms with Crippen molar-refractivity contribution in [3.63, 3.8) is 0 Å². The van der Waals surface area contributed by atoms with Gasteiger partial charge in [-0.25, -0.2) is 0 Å². The highest BCUT2D eigenvalue weighted by Crippen LogP contribution is 2.19. The van der Waals surface area contributed by atoms with Crippen molar-refractivity contribution in [1.82, 2.24) is 4.98 Å². The number of aromatic nitrogens is 1. The lowest BCUT2D eigenvalue weighted by atomic mass is 10.1. The zero-order valence-electron chi connectivity index (χ0n) is 8.41. The topological polar surface area (TPSA) is 12.9 Å². The van der Waals surface area contributed by atoms with Gasteiger partial charge in [-0.2, -0.15) is 0 Å². The molecule has 1 nitrogen and oxygen atoms in total. The molecule has 1 heteroatoms. The fourth-order valence-corrected chi connectivity index (χ4v) is 1.42. The van der Waals surface area contributed by atoms with E-state index < -0.39 is 0 Å². The summed E-state index contributed by atoms with van der Waals surface area (Å²) in [5, 5.41) is 0. The van der Waals surface area contributed by atoms with Crippen LogP contribution in [0.4, 0.5) is 0 Å². The predicted molar refractivity (Wildman–Crippen MR) is 58.0 cm³/mol. The van der Waals surface area contributed by atoms with Gasteiger partial charge in [-0.3, -0.25) is 4.98 Å². The predicted octanol–water partition coefficient (Wildman–Crippen LogP) is 3.17. The van der Waals surface area contributed by atoms with E-state index in [2.05, 4.69) is 43.1 Å². The molecular weight excluding hydrogens is 170 g/mol. The number of benzene rings is 1. The normalized spacial score (nSPS) is 10.1. The largest absolute Gasteiger partial charge is 0.256 e. The number of pyridine rings is 1. The van der Waals surface area contributed by atoms with Crippen LogP contribution in [0.15, 0.2) is 36.5 Å². The molecule has 1 heterocycles. The minimum Gasteiger partial charge on any atom is -0.256 e. The van der Waals surface area contributed by atoms with Gasteiger partial charge in [0, 0.05) is 11.8 Å². The summed E-state index contributed by atoms with van der Waals surface area (Å²) in [7, 11) is 0. The molecule has 1 aromatic carbocycles. The fraction of sp³-hybridized carbons (Fsp3) is 0.154. The van der Waals surface area contributed by atoms with Crippen LogP contribution in [0.3, 0.4) is 0 Å². The van der Waals surface area contributed by atoms with Gasteiger partial charge in [0.05, 0.1) is 5.69 Å². The average molecular weight is 182 g/mol. The highest BCUT2D eigenvalue weighted by Gasteiger charge is 2.01. The molecule has 2 rings (SSSR count). The van der Waals surface area contributed by atoms with Crippen LogP contribution in [0.25, 0.3) is 11.3 Å². The fourth-order valence-electron chi connectivity index (χ4n) is 1.42. The van der Waals surface area contributed by atoms with Crippen molar-refractivity contribution in [2.45, 2.75) is 13.8 Å². The van der Waals surface area contributed by atoms with E-state index in [1.54, 1.807) is 0 Å². The summed E-state index contributed by atoms with van der Waals surface area (Å²) in [6.45, 7) is 4.13. The van der Waals surface area contributed by atoms with Gasteiger partial charge in [-0.15, -0.1) is 0 Å². The van der Waals surface area contributed by atoms with E-state index in [0.717, 1.165) is 11.3 Å². The Hall–Kier alpha value is -1.63. The lowest BCUT2D eigenvalue weighted by molar-refractivity contribution is 1.27. The Morgan fingerprint density at radius 2 is 2.00 bits per heavy atom. The van der Waals surface area contributed by atoms with Gasteiger partial charge in [-0.05, 0) is 31.5 Å². The highest BCUT2D eigenvalue weighted by atomic mass is 14.7. The number of rotatable bonds is 1. The molecule has 0 N–H and O–H groups in total. The van der Waals surface area contributed by atoms with Crippen molar-refractivity contribution in [2.75, 3.05) is 0 Å². The number of hydrogen-bond acceptors (Lipinski definition) is 1. The van der Waals surface area contributed by atoms with Crippen molar-refractivity contribution in [3.8, 4) is 11.3 Å². The maximum atomic E-state index is 4.35. The third-order valence-corrected chi connectivity index (χ3v) is 2.23. The molecule has 14 heavy (non-hydrogen) atoms. The van der Waals surface area contributed by atoms with E-state index in [-0.39, 0.29) is 0 Å². The standard InChI is InChI=1S/C13H12N/c1-10-5-7-12(8-6-10)13-11(2)4-3-9-14-13/h3-7,9H,1-2H3. The second kappa shape index (κ2) is 3.62. The molecule has 1 radical (unpaired) electrons. The van der Waals surface area contributed by atoms with Gasteiger partial charge < -0.3 is 0 Å². The first-order valence-corrected chi connectivity index (χ1v) is 4.68. The zero-order valence-corrected chi connectivity index (χ0v) is 8.41. The van der Waals surface area contributed by atoms with Gasteiger partial charge in [0.2, 0.25) is 0 Å². The Balaban J connectivity index is 2.50. The number of hydrogen-bond donors (Lipinski definition) is 0. The molecule has 69 valence electrons. The Morgan fingerprint density at radius 3 is 2.64 bits per heavy atom. The maximum absolute atomic E-state index is 4.35. The maximum Gasteiger partial charge on any atom is 0.0737 e. The summed E-state index contributed by atoms with van der Waals surface area (Å²) >= 11 is 0. The van der Waals surface area contributed by atoms with Crippen molar-refractivity contribution in [2.24, 2.45) is 0 Å². The average Bonchev–Trinajstić information content (AvgIpc) is 2.20. The minimum absolute atomic E-state index is 1.02. The second-order valence-electron chi connectivity index (χ2n) is 3.45. The molecule has 0 aliphatic carbocycles. The van der Waals surface area contributed by atoms with E-state index in [9.17, 15) is 0 Å². The van der Waals surface area contributed by atoms with Crippen LogP contribution < -0.4 is 0 Å². The molecule has 0 fully saturated rings. The van der Waals surface area contributed by atoms with E-state index >= 15 is 0 Å². The van der Waals surface area contributed by atoms with Gasteiger partial charge in [0.25, 0.3) is 0 Å². The smallest absolute Gasteiger partial charge is 0.0737 e. The van der Waals surface area contributed by atoms with Crippen molar-refractivity contribution >= 4 is 0 Å². The van der Waals surface area contributed by atoms with Crippen LogP contribution in [0.2, 0.25) is 0 Å². The summed E-state index contributed by atoms with van der Waals surface area (Å²) in [5.41, 5.74) is 4.50. The molecule has 0 aliphatic rings. The van der Waals surface area contributed by atoms with Crippen LogP contribution >= 0.6 is 0 Å². The van der Waals surface area contributed by atoms with Crippen LogP contribution in [0.1, 0.15) is 11.1 Å². The van der Waals surface area contributed by atoms with Crippen LogP contribution in [-0.2, 0) is 0 Å². The first-order chi connectivity index (χ1) is 6.77. The molecule has 0 atom stereocenters. The highest BCUT2D eigenvalue weighted by molar-refractivity contribution is 5.62. The molecule has 0 saturated carbocycles. The van der Waals surface area contributed by atoms with Gasteiger partial charge in [0.1, 0.15) is 0 Å². The summed E-state index contributed by atoms with van der Waals surface area (Å²) in [6.07, 6.45) is 1.82. The number of aryl methyl sites for hydroxylation is 2. The van der Waals surface area contributed by atoms with Gasteiger partial charge in [0.15, 0.2) is 0 Å². The van der Waals surface area contributed by atoms with Gasteiger partial charge >= 0.3 is 0 Å². The molecular formula is C13H12N. The summed E-state index contributed by atoms with van der Waals surface area (Å²) < 4.78 is 0. The van der Waals surface area contributed by atoms with Crippen molar-refractivity contribution in [1.29, 1.82) is 0 Å². The second-order valence-corrected chi connectivity index (χ2v) is 3.45. The van der Waals surface area contributed by atoms with Crippen LogP contribution in [0.5, 0.6) is 0 Å². The lowest BCUT2D eigenvalue weighted by Crippen LogP contribution is -1.87. The first kappa shape index (κ1) is 8.95. The SMILES string of the molecule is Cc1c[c]c(-c2ncccc2C)cc1. The third-order valence-electron chi connectivity index (χ3n) is 2.23. The Bertz CT molecular complexity index is 429. The van der Waals surface area contributed by atoms with Crippen molar-refractivity contribution < 1.29 is 0 Å². The molecule has 0 bridgehead atoms. The molecule has 1 aromatic heterocycles. The monoisotopic (exact) mass is 182 g/mol. The Morgan fingerprint density at radius 1 is 1.14 bits per heavy atom. The van der Waals surface area contributed by atoms with E-state index in [0.29, 0.717) is 0 Å².